The van der Waals surface area contributed by atoms with Crippen LogP contribution in [0.15, 0.2) is 23.3 Å². The van der Waals surface area contributed by atoms with Gasteiger partial charge in [-0.25, -0.2) is 4.98 Å². The van der Waals surface area contributed by atoms with Crippen molar-refractivity contribution in [2.24, 2.45) is 5.11 Å². The Kier molecular flexibility index (Phi) is 4.37. The summed E-state index contributed by atoms with van der Waals surface area (Å²) in [7, 11) is 0. The van der Waals surface area contributed by atoms with Gasteiger partial charge >= 0.3 is 6.18 Å². The van der Waals surface area contributed by atoms with Crippen LogP contribution in [0.2, 0.25) is 5.15 Å². The fourth-order valence-corrected chi connectivity index (χ4v) is 1.25. The molecule has 0 aliphatic rings. The molecule has 0 aromatic carbocycles. The Morgan fingerprint density at radius 1 is 1.47 bits per heavy atom. The lowest BCUT2D eigenvalue weighted by molar-refractivity contribution is -0.141. The maximum atomic E-state index is 12.4. The molecule has 17 heavy (non-hydrogen) atoms. The fourth-order valence-electron chi connectivity index (χ4n) is 1.03. The first-order valence-electron chi connectivity index (χ1n) is 4.35. The number of pyridine rings is 1. The van der Waals surface area contributed by atoms with E-state index in [0.717, 1.165) is 6.07 Å². The normalized spacial score (nSPS) is 11.5. The van der Waals surface area contributed by atoms with Crippen molar-refractivity contribution >= 4 is 17.7 Å². The molecule has 0 aliphatic carbocycles. The zero-order chi connectivity index (χ0) is 12.9. The van der Waals surface area contributed by atoms with Crippen LogP contribution < -0.4 is 0 Å². The van der Waals surface area contributed by atoms with Gasteiger partial charge in [-0.15, -0.1) is 0 Å². The Labute approximate surface area is 99.4 Å². The topological polar surface area (TPSA) is 61.7 Å². The summed E-state index contributed by atoms with van der Waals surface area (Å²) in [6.07, 6.45) is -1.75. The number of alkyl halides is 3. The third-order valence-corrected chi connectivity index (χ3v) is 1.86. The number of azide groups is 1. The maximum absolute atomic E-state index is 12.4. The molecule has 8 heteroatoms. The summed E-state index contributed by atoms with van der Waals surface area (Å²) < 4.78 is 37.1. The molecular weight excluding hydrogens is 257 g/mol. The van der Waals surface area contributed by atoms with E-state index in [9.17, 15) is 13.2 Å². The lowest BCUT2D eigenvalue weighted by Gasteiger charge is -2.06. The number of rotatable bonds is 3. The molecule has 0 N–H and O–H groups in total. The lowest BCUT2D eigenvalue weighted by atomic mass is 10.2. The van der Waals surface area contributed by atoms with Crippen LogP contribution in [-0.4, -0.2) is 11.5 Å². The molecule has 0 bridgehead atoms. The molecule has 0 unspecified atom stereocenters. The average Bonchev–Trinajstić information content (AvgIpc) is 2.22. The van der Waals surface area contributed by atoms with Crippen LogP contribution in [0.4, 0.5) is 13.2 Å². The minimum atomic E-state index is -4.54. The largest absolute Gasteiger partial charge is 0.433 e. The van der Waals surface area contributed by atoms with Crippen molar-refractivity contribution in [2.45, 2.75) is 6.18 Å². The molecule has 1 heterocycles. The first-order valence-corrected chi connectivity index (χ1v) is 4.73. The summed E-state index contributed by atoms with van der Waals surface area (Å²) in [4.78, 5) is 5.67. The van der Waals surface area contributed by atoms with Gasteiger partial charge < -0.3 is 0 Å². The van der Waals surface area contributed by atoms with E-state index in [-0.39, 0.29) is 17.3 Å². The van der Waals surface area contributed by atoms with E-state index in [1.54, 1.807) is 0 Å². The van der Waals surface area contributed by atoms with E-state index in [1.807, 2.05) is 0 Å². The van der Waals surface area contributed by atoms with Crippen LogP contribution >= 0.6 is 11.6 Å². The van der Waals surface area contributed by atoms with E-state index in [2.05, 4.69) is 15.0 Å². The molecule has 0 radical (unpaired) electrons. The van der Waals surface area contributed by atoms with E-state index in [0.29, 0.717) is 0 Å². The monoisotopic (exact) mass is 262 g/mol. The quantitative estimate of drug-likeness (QED) is 0.350. The first kappa shape index (κ1) is 13.3. The van der Waals surface area contributed by atoms with Crippen molar-refractivity contribution in [3.05, 3.63) is 45.1 Å². The molecule has 1 aromatic rings. The van der Waals surface area contributed by atoms with E-state index in [4.69, 9.17) is 17.1 Å². The number of nitrogens with zero attached hydrogens (tertiary/aromatic N) is 4. The van der Waals surface area contributed by atoms with Gasteiger partial charge in [-0.2, -0.15) is 13.2 Å². The molecule has 0 saturated heterocycles. The van der Waals surface area contributed by atoms with Gasteiger partial charge in [0.2, 0.25) is 0 Å². The van der Waals surface area contributed by atoms with Gasteiger partial charge in [-0.1, -0.05) is 28.9 Å². The smallest absolute Gasteiger partial charge is 0.232 e. The van der Waals surface area contributed by atoms with Gasteiger partial charge in [0.15, 0.2) is 0 Å². The second-order valence-electron chi connectivity index (χ2n) is 2.92. The van der Waals surface area contributed by atoms with Gasteiger partial charge in [0.1, 0.15) is 10.8 Å². The van der Waals surface area contributed by atoms with Crippen molar-refractivity contribution in [1.29, 1.82) is 0 Å². The first-order chi connectivity index (χ1) is 7.93. The molecule has 1 rings (SSSR count). The Balaban J connectivity index is 2.97. The van der Waals surface area contributed by atoms with Gasteiger partial charge in [0, 0.05) is 11.5 Å². The molecule has 0 aliphatic heterocycles. The summed E-state index contributed by atoms with van der Waals surface area (Å²) in [5, 5.41) is 2.96. The molecule has 90 valence electrons. The van der Waals surface area contributed by atoms with Crippen LogP contribution in [0.5, 0.6) is 0 Å². The molecule has 4 nitrogen and oxygen atoms in total. The van der Waals surface area contributed by atoms with Crippen molar-refractivity contribution in [3.8, 4) is 0 Å². The highest BCUT2D eigenvalue weighted by molar-refractivity contribution is 6.29. The fraction of sp³-hybridized carbons (Fsp3) is 0.222. The van der Waals surface area contributed by atoms with E-state index >= 15 is 0 Å². The van der Waals surface area contributed by atoms with Crippen molar-refractivity contribution in [3.63, 3.8) is 0 Å². The minimum absolute atomic E-state index is 0.0534. The van der Waals surface area contributed by atoms with Gasteiger partial charge in [-0.3, -0.25) is 0 Å². The summed E-state index contributed by atoms with van der Waals surface area (Å²) in [5.74, 6) is 0. The summed E-state index contributed by atoms with van der Waals surface area (Å²) in [6.45, 7) is 0.0534. The number of aromatic nitrogens is 1. The summed E-state index contributed by atoms with van der Waals surface area (Å²) >= 11 is 5.47. The van der Waals surface area contributed by atoms with Crippen molar-refractivity contribution in [1.82, 2.24) is 4.98 Å². The van der Waals surface area contributed by atoms with Gasteiger partial charge in [0.25, 0.3) is 0 Å². The van der Waals surface area contributed by atoms with Gasteiger partial charge in [0.05, 0.1) is 0 Å². The van der Waals surface area contributed by atoms with Crippen molar-refractivity contribution < 1.29 is 13.2 Å². The minimum Gasteiger partial charge on any atom is -0.232 e. The lowest BCUT2D eigenvalue weighted by Crippen LogP contribution is -2.08. The summed E-state index contributed by atoms with van der Waals surface area (Å²) in [6, 6.07) is 2.14. The molecule has 1 aromatic heterocycles. The molecular formula is C9H6ClF3N4. The zero-order valence-corrected chi connectivity index (χ0v) is 9.07. The zero-order valence-electron chi connectivity index (χ0n) is 8.32. The van der Waals surface area contributed by atoms with Crippen LogP contribution in [0.3, 0.4) is 0 Å². The highest BCUT2D eigenvalue weighted by atomic mass is 35.5. The van der Waals surface area contributed by atoms with E-state index < -0.39 is 11.9 Å². The summed E-state index contributed by atoms with van der Waals surface area (Å²) in [5.41, 5.74) is 7.18. The maximum Gasteiger partial charge on any atom is 0.433 e. The van der Waals surface area contributed by atoms with Crippen LogP contribution in [0.1, 0.15) is 11.3 Å². The van der Waals surface area contributed by atoms with Crippen LogP contribution in [-0.2, 0) is 6.18 Å². The molecule has 0 saturated carbocycles. The predicted octanol–water partition coefficient (Wildman–Crippen LogP) is 4.08. The molecule has 0 spiro atoms. The SMILES string of the molecule is [N-]=[N+]=NCC=Cc1cc(Cl)nc(C(F)(F)F)c1. The van der Waals surface area contributed by atoms with Crippen molar-refractivity contribution in [2.75, 3.05) is 6.54 Å². The number of hydrogen-bond acceptors (Lipinski definition) is 2. The third-order valence-electron chi connectivity index (χ3n) is 1.67. The standard InChI is InChI=1S/C9H6ClF3N4/c10-8-5-6(2-1-3-15-17-14)4-7(16-8)9(11,12)13/h1-2,4-5H,3H2. The number of hydrogen-bond donors (Lipinski definition) is 0. The van der Waals surface area contributed by atoms with Crippen LogP contribution in [0, 0.1) is 0 Å². The Morgan fingerprint density at radius 2 is 2.18 bits per heavy atom. The molecule has 0 atom stereocenters. The Hall–Kier alpha value is -1.72. The highest BCUT2D eigenvalue weighted by Gasteiger charge is 2.32. The Bertz CT molecular complexity index is 478. The average molecular weight is 263 g/mol. The van der Waals surface area contributed by atoms with E-state index in [1.165, 1.54) is 18.2 Å². The van der Waals surface area contributed by atoms with Gasteiger partial charge in [-0.05, 0) is 23.2 Å². The second kappa shape index (κ2) is 5.56. The van der Waals surface area contributed by atoms with Crippen LogP contribution in [0.25, 0.3) is 16.5 Å². The molecule has 0 amide bonds. The number of halogens is 4. The Morgan fingerprint density at radius 3 is 2.76 bits per heavy atom. The second-order valence-corrected chi connectivity index (χ2v) is 3.31. The third kappa shape index (κ3) is 4.34. The predicted molar refractivity (Wildman–Crippen MR) is 57.3 cm³/mol. The highest BCUT2D eigenvalue weighted by Crippen LogP contribution is 2.29. The molecule has 0 fully saturated rings.